The van der Waals surface area contributed by atoms with Crippen molar-refractivity contribution < 1.29 is 0 Å². The van der Waals surface area contributed by atoms with Gasteiger partial charge in [0.25, 0.3) is 0 Å². The van der Waals surface area contributed by atoms with Crippen molar-refractivity contribution in [2.45, 2.75) is 38.3 Å². The number of fused-ring (bicyclic) bond motifs is 1. The maximum absolute atomic E-state index is 4.71. The highest BCUT2D eigenvalue weighted by Gasteiger charge is 2.30. The van der Waals surface area contributed by atoms with Crippen molar-refractivity contribution in [2.24, 2.45) is 0 Å². The predicted molar refractivity (Wildman–Crippen MR) is 119 cm³/mol. The first-order valence-electron chi connectivity index (χ1n) is 10.3. The van der Waals surface area contributed by atoms with E-state index in [4.69, 9.17) is 4.98 Å². The Balaban J connectivity index is 1.76. The number of piperidine rings is 1. The van der Waals surface area contributed by atoms with Crippen molar-refractivity contribution in [3.05, 3.63) is 84.6 Å². The molecule has 3 heteroatoms. The average molecular weight is 372 g/mol. The van der Waals surface area contributed by atoms with Crippen LogP contribution in [0.25, 0.3) is 10.9 Å². The van der Waals surface area contributed by atoms with Gasteiger partial charge < -0.3 is 5.32 Å². The zero-order valence-electron chi connectivity index (χ0n) is 16.6. The number of para-hydroxylation sites is 1. The molecule has 2 atom stereocenters. The van der Waals surface area contributed by atoms with Gasteiger partial charge >= 0.3 is 0 Å². The summed E-state index contributed by atoms with van der Waals surface area (Å²) in [5.41, 5.74) is 4.59. The molecule has 1 aliphatic heterocycles. The zero-order chi connectivity index (χ0) is 19.3. The lowest BCUT2D eigenvalue weighted by Gasteiger charge is -2.41. The highest BCUT2D eigenvalue weighted by Crippen LogP contribution is 2.34. The zero-order valence-corrected chi connectivity index (χ0v) is 16.6. The van der Waals surface area contributed by atoms with Gasteiger partial charge in [0, 0.05) is 29.4 Å². The Hall–Kier alpha value is -2.65. The van der Waals surface area contributed by atoms with Gasteiger partial charge in [-0.2, -0.15) is 0 Å². The summed E-state index contributed by atoms with van der Waals surface area (Å²) in [5, 5.41) is 5.10. The third kappa shape index (κ3) is 3.95. The summed E-state index contributed by atoms with van der Waals surface area (Å²) in [4.78, 5) is 7.29. The standard InChI is InChI=1S/C25H29N3/c1-3-16-28-17-10-9-15-24(28)25(20-11-5-4-6-12-20)27-23-18-19(2)26-22-14-8-7-13-21(22)23/h3-8,11-14,18,24-25H,1,9-10,15-17H2,2H3,(H,26,27)/t24-,25-/m0/s1. The molecular formula is C25H29N3. The van der Waals surface area contributed by atoms with Crippen molar-refractivity contribution >= 4 is 16.6 Å². The van der Waals surface area contributed by atoms with Crippen LogP contribution in [0.5, 0.6) is 0 Å². The van der Waals surface area contributed by atoms with Gasteiger partial charge in [-0.25, -0.2) is 0 Å². The first-order valence-corrected chi connectivity index (χ1v) is 10.3. The van der Waals surface area contributed by atoms with E-state index in [1.54, 1.807) is 0 Å². The monoisotopic (exact) mass is 371 g/mol. The molecule has 144 valence electrons. The largest absolute Gasteiger partial charge is 0.376 e. The lowest BCUT2D eigenvalue weighted by Crippen LogP contribution is -2.45. The molecule has 0 aliphatic carbocycles. The molecule has 1 N–H and O–H groups in total. The highest BCUT2D eigenvalue weighted by atomic mass is 15.2. The first kappa shape index (κ1) is 18.7. The molecule has 1 saturated heterocycles. The summed E-state index contributed by atoms with van der Waals surface area (Å²) in [6.07, 6.45) is 5.78. The molecule has 1 aliphatic rings. The number of anilines is 1. The maximum atomic E-state index is 4.71. The van der Waals surface area contributed by atoms with Gasteiger partial charge in [0.05, 0.1) is 11.6 Å². The van der Waals surface area contributed by atoms with E-state index < -0.39 is 0 Å². The van der Waals surface area contributed by atoms with Crippen molar-refractivity contribution in [2.75, 3.05) is 18.4 Å². The molecule has 0 saturated carbocycles. The van der Waals surface area contributed by atoms with Crippen molar-refractivity contribution in [3.8, 4) is 0 Å². The number of benzene rings is 2. The average Bonchev–Trinajstić information content (AvgIpc) is 2.73. The molecule has 4 rings (SSSR count). The highest BCUT2D eigenvalue weighted by molar-refractivity contribution is 5.91. The van der Waals surface area contributed by atoms with Gasteiger partial charge in [-0.15, -0.1) is 6.58 Å². The van der Waals surface area contributed by atoms with E-state index in [-0.39, 0.29) is 6.04 Å². The second-order valence-electron chi connectivity index (χ2n) is 7.71. The summed E-state index contributed by atoms with van der Waals surface area (Å²) in [5.74, 6) is 0. The molecule has 1 fully saturated rings. The van der Waals surface area contributed by atoms with Crippen LogP contribution in [-0.2, 0) is 0 Å². The fourth-order valence-electron chi connectivity index (χ4n) is 4.44. The van der Waals surface area contributed by atoms with E-state index >= 15 is 0 Å². The number of hydrogen-bond donors (Lipinski definition) is 1. The molecule has 2 heterocycles. The predicted octanol–water partition coefficient (Wildman–Crippen LogP) is 5.74. The van der Waals surface area contributed by atoms with Crippen molar-refractivity contribution in [1.29, 1.82) is 0 Å². The molecule has 0 amide bonds. The normalized spacial score (nSPS) is 18.7. The molecular weight excluding hydrogens is 342 g/mol. The van der Waals surface area contributed by atoms with Gasteiger partial charge in [0.2, 0.25) is 0 Å². The summed E-state index contributed by atoms with van der Waals surface area (Å²) < 4.78 is 0. The Kier molecular flexibility index (Phi) is 5.73. The van der Waals surface area contributed by atoms with Gasteiger partial charge in [-0.05, 0) is 44.0 Å². The Morgan fingerprint density at radius 3 is 2.75 bits per heavy atom. The number of aromatic nitrogens is 1. The van der Waals surface area contributed by atoms with E-state index in [9.17, 15) is 0 Å². The van der Waals surface area contributed by atoms with Crippen molar-refractivity contribution in [1.82, 2.24) is 9.88 Å². The number of aryl methyl sites for hydroxylation is 1. The second kappa shape index (κ2) is 8.57. The molecule has 0 bridgehead atoms. The minimum atomic E-state index is 0.228. The molecule has 28 heavy (non-hydrogen) atoms. The number of nitrogens with one attached hydrogen (secondary N) is 1. The second-order valence-corrected chi connectivity index (χ2v) is 7.71. The maximum Gasteiger partial charge on any atom is 0.0725 e. The topological polar surface area (TPSA) is 28.2 Å². The van der Waals surface area contributed by atoms with E-state index in [1.165, 1.54) is 35.9 Å². The first-order chi connectivity index (χ1) is 13.8. The summed E-state index contributed by atoms with van der Waals surface area (Å²) in [6, 6.07) is 22.1. The van der Waals surface area contributed by atoms with E-state index in [1.807, 2.05) is 6.08 Å². The van der Waals surface area contributed by atoms with E-state index in [0.717, 1.165) is 24.3 Å². The van der Waals surface area contributed by atoms with Crippen LogP contribution in [0.15, 0.2) is 73.3 Å². The van der Waals surface area contributed by atoms with Gasteiger partial charge in [-0.3, -0.25) is 9.88 Å². The van der Waals surface area contributed by atoms with Crippen LogP contribution in [0.3, 0.4) is 0 Å². The molecule has 0 unspecified atom stereocenters. The van der Waals surface area contributed by atoms with Crippen LogP contribution in [0.2, 0.25) is 0 Å². The number of nitrogens with zero attached hydrogens (tertiary/aromatic N) is 2. The van der Waals surface area contributed by atoms with Crippen LogP contribution in [0, 0.1) is 6.92 Å². The van der Waals surface area contributed by atoms with Crippen LogP contribution >= 0.6 is 0 Å². The lowest BCUT2D eigenvalue weighted by molar-refractivity contribution is 0.147. The van der Waals surface area contributed by atoms with E-state index in [2.05, 4.69) is 84.4 Å². The van der Waals surface area contributed by atoms with Crippen LogP contribution in [0.4, 0.5) is 5.69 Å². The SMILES string of the molecule is C=CCN1CCCC[C@H]1[C@@H](Nc1cc(C)nc2ccccc12)c1ccccc1. The number of rotatable bonds is 6. The minimum Gasteiger partial charge on any atom is -0.376 e. The summed E-state index contributed by atoms with van der Waals surface area (Å²) in [6.45, 7) is 8.13. The van der Waals surface area contributed by atoms with E-state index in [0.29, 0.717) is 6.04 Å². The quantitative estimate of drug-likeness (QED) is 0.560. The number of hydrogen-bond acceptors (Lipinski definition) is 3. The van der Waals surface area contributed by atoms with Crippen molar-refractivity contribution in [3.63, 3.8) is 0 Å². The van der Waals surface area contributed by atoms with Crippen LogP contribution in [0.1, 0.15) is 36.6 Å². The third-order valence-corrected chi connectivity index (χ3v) is 5.73. The fraction of sp³-hybridized carbons (Fsp3) is 0.320. The number of pyridine rings is 1. The smallest absolute Gasteiger partial charge is 0.0725 e. The fourth-order valence-corrected chi connectivity index (χ4v) is 4.44. The Morgan fingerprint density at radius 2 is 1.93 bits per heavy atom. The molecule has 3 nitrogen and oxygen atoms in total. The Bertz CT molecular complexity index is 935. The number of likely N-dealkylation sites (tertiary alicyclic amines) is 1. The third-order valence-electron chi connectivity index (χ3n) is 5.73. The summed E-state index contributed by atoms with van der Waals surface area (Å²) in [7, 11) is 0. The van der Waals surface area contributed by atoms with Gasteiger partial charge in [-0.1, -0.05) is 61.0 Å². The molecule has 0 spiro atoms. The summed E-state index contributed by atoms with van der Waals surface area (Å²) >= 11 is 0. The molecule has 1 aromatic heterocycles. The minimum absolute atomic E-state index is 0.228. The Labute approximate surface area is 168 Å². The molecule has 2 aromatic carbocycles. The molecule has 0 radical (unpaired) electrons. The Morgan fingerprint density at radius 1 is 1.14 bits per heavy atom. The molecule has 3 aromatic rings. The van der Waals surface area contributed by atoms with Gasteiger partial charge in [0.15, 0.2) is 0 Å². The van der Waals surface area contributed by atoms with Gasteiger partial charge in [0.1, 0.15) is 0 Å². The lowest BCUT2D eigenvalue weighted by atomic mass is 9.90. The van der Waals surface area contributed by atoms with Crippen LogP contribution in [-0.4, -0.2) is 29.0 Å². The van der Waals surface area contributed by atoms with Crippen LogP contribution < -0.4 is 5.32 Å².